The molecule has 2 aromatic rings. The Balaban J connectivity index is 1.89. The Labute approximate surface area is 635 Å². The van der Waals surface area contributed by atoms with E-state index >= 15 is 9.59 Å². The summed E-state index contributed by atoms with van der Waals surface area (Å²) in [6.07, 6.45) is -7.42. The third-order valence-electron chi connectivity index (χ3n) is 16.9. The Morgan fingerprint density at radius 2 is 0.964 bits per heavy atom. The lowest BCUT2D eigenvalue weighted by molar-refractivity contribution is -0.143. The number of phenolic OH excluding ortho intramolecular Hbond substituents is 1. The summed E-state index contributed by atoms with van der Waals surface area (Å²) in [7, 11) is 0. The van der Waals surface area contributed by atoms with Gasteiger partial charge in [0.05, 0.1) is 30.8 Å². The molecule has 2 saturated heterocycles. The summed E-state index contributed by atoms with van der Waals surface area (Å²) in [6, 6.07) is -7.03. The molecule has 4 rings (SSSR count). The van der Waals surface area contributed by atoms with Crippen LogP contribution >= 0.6 is 11.8 Å². The van der Waals surface area contributed by atoms with E-state index in [1.165, 1.54) is 24.3 Å². The van der Waals surface area contributed by atoms with Crippen molar-refractivity contribution in [2.45, 2.75) is 177 Å². The number of amides is 13. The number of halogens is 3. The summed E-state index contributed by atoms with van der Waals surface area (Å²) in [5, 5.41) is 47.3. The number of aliphatic imine (C=N–C) groups is 3. The molecule has 13 amide bonds. The number of unbranched alkanes of at least 4 members (excludes halogenated alkanes) is 1. The molecule has 2 aromatic carbocycles. The number of nitrogens with one attached hydrogen (secondary N) is 11. The van der Waals surface area contributed by atoms with Crippen molar-refractivity contribution in [1.82, 2.24) is 63.4 Å². The number of fused-ring (bicyclic) bond motifs is 1. The van der Waals surface area contributed by atoms with E-state index in [2.05, 4.69) is 73.5 Å². The van der Waals surface area contributed by atoms with Crippen LogP contribution in [-0.2, 0) is 86.1 Å². The smallest absolute Gasteiger partial charge is 0.416 e. The second kappa shape index (κ2) is 46.2. The molecule has 0 aromatic heterocycles. The van der Waals surface area contributed by atoms with E-state index in [-0.39, 0.29) is 157 Å². The van der Waals surface area contributed by atoms with Gasteiger partial charge in [-0.3, -0.25) is 82.1 Å². The minimum absolute atomic E-state index is 0.0161. The number of hydrogen-bond donors (Lipinski definition) is 21. The van der Waals surface area contributed by atoms with Crippen LogP contribution in [0.5, 0.6) is 5.75 Å². The third kappa shape index (κ3) is 33.5. The SMILES string of the molecule is CC(C)C[C@@H]1NC(=O)[C@H](Cc2ccc(O)cc2)NC(=O)CSC[C@@H](C(N)=O)NC(=O)CNC(=O)CNC(=O)[C@H](CCCN=C(N)N)NC(=O)[C@H](CC(=O)O)NC(=O)[C@H](CCCCN)NC(=O)[C@@H]2CCCN2C(=O)[C@H](CCCN=C(N)N)NC(=O)[C@H](Cc2ccc(C(F)(F)F)cc2)NC(=O)[C@H](CCCN=C(N)N)NC1=O. The molecular weight excluding hydrogens is 1470 g/mol. The van der Waals surface area contributed by atoms with E-state index in [9.17, 15) is 80.9 Å². The van der Waals surface area contributed by atoms with Gasteiger partial charge in [0.2, 0.25) is 76.8 Å². The number of carboxylic acid groups (broad SMARTS) is 1. The molecular formula is C67H102F3N23O16S. The van der Waals surface area contributed by atoms with Gasteiger partial charge in [0.15, 0.2) is 17.9 Å². The maximum Gasteiger partial charge on any atom is 0.416 e. The number of alkyl halides is 3. The molecule has 2 aliphatic heterocycles. The quantitative estimate of drug-likeness (QED) is 0.0250. The summed E-state index contributed by atoms with van der Waals surface area (Å²) in [5.74, 6) is -17.2. The molecule has 0 spiro atoms. The number of aromatic hydroxyl groups is 1. The number of rotatable bonds is 25. The number of benzene rings is 2. The summed E-state index contributed by atoms with van der Waals surface area (Å²) in [4.78, 5) is 210. The molecule has 0 radical (unpaired) electrons. The zero-order chi connectivity index (χ0) is 81.8. The van der Waals surface area contributed by atoms with Gasteiger partial charge in [-0.1, -0.05) is 38.1 Å². The molecule has 2 aliphatic rings. The Morgan fingerprint density at radius 3 is 1.47 bits per heavy atom. The lowest BCUT2D eigenvalue weighted by Gasteiger charge is -2.31. The van der Waals surface area contributed by atoms with E-state index in [1.54, 1.807) is 13.8 Å². The normalized spacial score (nSPS) is 22.8. The minimum atomic E-state index is -4.81. The van der Waals surface area contributed by atoms with Crippen molar-refractivity contribution in [1.29, 1.82) is 0 Å². The van der Waals surface area contributed by atoms with Crippen molar-refractivity contribution in [3.05, 3.63) is 65.2 Å². The number of guanidine groups is 3. The fraction of sp³-hybridized carbons (Fsp3) is 0.567. The van der Waals surface area contributed by atoms with Gasteiger partial charge >= 0.3 is 12.1 Å². The number of carbonyl (C=O) groups excluding carboxylic acids is 13. The Kier molecular flexibility index (Phi) is 38.2. The maximum atomic E-state index is 15.1. The molecule has 2 fully saturated rings. The van der Waals surface area contributed by atoms with Crippen LogP contribution < -0.4 is 104 Å². The van der Waals surface area contributed by atoms with Crippen molar-refractivity contribution in [3.8, 4) is 5.75 Å². The minimum Gasteiger partial charge on any atom is -0.508 e. The number of aliphatic carboxylic acids is 1. The Hall–Kier alpha value is -11.3. The van der Waals surface area contributed by atoms with Crippen LogP contribution in [0, 0.1) is 5.92 Å². The second-order valence-corrected chi connectivity index (χ2v) is 27.4. The fourth-order valence-electron chi connectivity index (χ4n) is 11.4. The second-order valence-electron chi connectivity index (χ2n) is 26.4. The molecule has 39 nitrogen and oxygen atoms in total. The molecule has 43 heteroatoms. The van der Waals surface area contributed by atoms with Gasteiger partial charge in [0.1, 0.15) is 66.2 Å². The van der Waals surface area contributed by atoms with Gasteiger partial charge in [-0.15, -0.1) is 11.8 Å². The van der Waals surface area contributed by atoms with Crippen LogP contribution in [0.2, 0.25) is 0 Å². The monoisotopic (exact) mass is 1570 g/mol. The van der Waals surface area contributed by atoms with Gasteiger partial charge in [-0.25, -0.2) is 0 Å². The van der Waals surface area contributed by atoms with E-state index in [1.807, 2.05) is 0 Å². The molecule has 0 saturated carbocycles. The number of phenols is 1. The lowest BCUT2D eigenvalue weighted by Crippen LogP contribution is -2.60. The highest BCUT2D eigenvalue weighted by molar-refractivity contribution is 8.00. The van der Waals surface area contributed by atoms with Crippen molar-refractivity contribution in [3.63, 3.8) is 0 Å². The number of primary amides is 1. The lowest BCUT2D eigenvalue weighted by atomic mass is 9.99. The van der Waals surface area contributed by atoms with Crippen LogP contribution in [0.3, 0.4) is 0 Å². The highest BCUT2D eigenvalue weighted by atomic mass is 32.2. The van der Waals surface area contributed by atoms with Crippen LogP contribution in [0.4, 0.5) is 13.2 Å². The van der Waals surface area contributed by atoms with Crippen molar-refractivity contribution < 1.29 is 90.5 Å². The molecule has 0 unspecified atom stereocenters. The summed E-state index contributed by atoms with van der Waals surface area (Å²) in [6.45, 7) is 1.37. The molecule has 110 heavy (non-hydrogen) atoms. The Morgan fingerprint density at radius 1 is 0.527 bits per heavy atom. The number of thioether (sulfide) groups is 1. The summed E-state index contributed by atoms with van der Waals surface area (Å²) < 4.78 is 41.8. The van der Waals surface area contributed by atoms with Crippen molar-refractivity contribution in [2.75, 3.05) is 57.3 Å². The first-order chi connectivity index (χ1) is 51.9. The number of nitrogens with two attached hydrogens (primary N) is 8. The topological polar surface area (TPSA) is 660 Å². The zero-order valence-electron chi connectivity index (χ0n) is 61.0. The average Bonchev–Trinajstić information content (AvgIpc) is 1.54. The largest absolute Gasteiger partial charge is 0.508 e. The van der Waals surface area contributed by atoms with E-state index < -0.39 is 187 Å². The molecule has 10 atom stereocenters. The van der Waals surface area contributed by atoms with Gasteiger partial charge in [0.25, 0.3) is 0 Å². The standard InChI is InChI=1S/C67H102F3N23O16S/c1-35(2)27-44-58(104)87-42(11-6-24-80-65(75)76)57(103)91-46(29-36-14-18-38(19-15-36)67(68,69)70)60(106)89-43(12-7-25-81-66(77)78)63(109)93-26-8-13-49(93)62(108)88-41(9-3-4-22-71)56(102)92-47(30-53(98)99)61(107)86-40(10-5-23-79-64(73)74)55(101)83-31-50(95)82-32-51(96)85-48(54(72)100)33-110-34-52(97)84-45(59(105)90-44)28-37-16-20-39(94)21-17-37/h14-21,35,40-49,94H,3-13,22-34,71H2,1-2H3,(H2,72,100)(H,82,95)(H,83,101)(H,84,97)(H,85,96)(H,86,107)(H,87,104)(H,88,108)(H,89,106)(H,90,105)(H,91,103)(H,92,102)(H,98,99)(H4,73,74,79)(H4,75,76,80)(H4,77,78,81)/t40-,41-,42-,43-,44-,45-,46-,47-,48-,49-/m0/s1. The fourth-order valence-corrected chi connectivity index (χ4v) is 12.3. The molecule has 608 valence electrons. The van der Waals surface area contributed by atoms with Gasteiger partial charge in [-0.2, -0.15) is 13.2 Å². The van der Waals surface area contributed by atoms with E-state index in [4.69, 9.17) is 45.9 Å². The predicted octanol–water partition coefficient (Wildman–Crippen LogP) is -6.17. The van der Waals surface area contributed by atoms with Crippen LogP contribution in [0.15, 0.2) is 63.5 Å². The third-order valence-corrected chi connectivity index (χ3v) is 18.0. The zero-order valence-corrected chi connectivity index (χ0v) is 61.8. The van der Waals surface area contributed by atoms with Gasteiger partial charge in [-0.05, 0) is 125 Å². The van der Waals surface area contributed by atoms with Gasteiger partial charge < -0.3 is 119 Å². The first-order valence-electron chi connectivity index (χ1n) is 35.4. The molecule has 2 heterocycles. The molecule has 0 aliphatic carbocycles. The Bertz CT molecular complexity index is 3600. The highest BCUT2D eigenvalue weighted by Gasteiger charge is 2.42. The first kappa shape index (κ1) is 91.1. The van der Waals surface area contributed by atoms with Crippen molar-refractivity contribution in [2.24, 2.45) is 66.8 Å². The molecule has 29 N–H and O–H groups in total. The maximum absolute atomic E-state index is 15.1. The summed E-state index contributed by atoms with van der Waals surface area (Å²) in [5.41, 5.74) is 44.1. The predicted molar refractivity (Wildman–Crippen MR) is 396 cm³/mol. The van der Waals surface area contributed by atoms with Gasteiger partial charge in [0, 0.05) is 44.8 Å². The first-order valence-corrected chi connectivity index (χ1v) is 36.6. The van der Waals surface area contributed by atoms with Crippen LogP contribution in [0.1, 0.15) is 114 Å². The average molecular weight is 1570 g/mol. The highest BCUT2D eigenvalue weighted by Crippen LogP contribution is 2.30. The number of nitrogens with zero attached hydrogens (tertiary/aromatic N) is 4. The number of carbonyl (C=O) groups is 14. The van der Waals surface area contributed by atoms with E-state index in [0.29, 0.717) is 5.56 Å². The van der Waals surface area contributed by atoms with Crippen LogP contribution in [0.25, 0.3) is 0 Å². The molecule has 0 bridgehead atoms. The van der Waals surface area contributed by atoms with Crippen LogP contribution in [-0.4, -0.2) is 233 Å². The number of carboxylic acids is 1. The van der Waals surface area contributed by atoms with Crippen molar-refractivity contribution >= 4 is 112 Å². The number of hydrogen-bond acceptors (Lipinski definition) is 20. The summed E-state index contributed by atoms with van der Waals surface area (Å²) >= 11 is 0.771. The van der Waals surface area contributed by atoms with E-state index in [0.717, 1.165) is 40.9 Å².